The monoisotopic (exact) mass is 1420 g/mol. The zero-order chi connectivity index (χ0) is 71.8. The first-order chi connectivity index (χ1) is 49.4. The summed E-state index contributed by atoms with van der Waals surface area (Å²) in [6.45, 7) is 12.2. The minimum atomic E-state index is -3.90. The Kier molecular flexibility index (Phi) is 22.2. The molecule has 2 aromatic heterocycles. The number of amides is 4. The van der Waals surface area contributed by atoms with E-state index in [-0.39, 0.29) is 64.9 Å². The fourth-order valence-corrected chi connectivity index (χ4v) is 16.7. The zero-order valence-corrected chi connectivity index (χ0v) is 59.8. The number of benzene rings is 7. The van der Waals surface area contributed by atoms with Gasteiger partial charge >= 0.3 is 0 Å². The van der Waals surface area contributed by atoms with Crippen LogP contribution in [0.3, 0.4) is 0 Å². The second-order valence-corrected chi connectivity index (χ2v) is 29.0. The molecule has 9 aromatic rings. The number of rotatable bonds is 26. The lowest BCUT2D eigenvalue weighted by molar-refractivity contribution is 0.0557. The molecule has 2 unspecified atom stereocenters. The topological polar surface area (TPSA) is 256 Å². The molecule has 4 aliphatic rings. The van der Waals surface area contributed by atoms with Gasteiger partial charge in [-0.3, -0.25) is 43.8 Å². The molecule has 4 atom stereocenters. The minimum absolute atomic E-state index is 0.0350. The van der Waals surface area contributed by atoms with Gasteiger partial charge in [0.2, 0.25) is 20.0 Å². The number of aryl methyl sites for hydroxylation is 1. The highest BCUT2D eigenvalue weighted by Gasteiger charge is 2.45. The molecule has 0 saturated carbocycles. The number of para-hydroxylation sites is 1. The molecule has 4 amide bonds. The predicted octanol–water partition coefficient (Wildman–Crippen LogP) is 11.2. The number of nitrogens with one attached hydrogen (secondary N) is 2. The maximum Gasteiger partial charge on any atom is 0.264 e. The van der Waals surface area contributed by atoms with Gasteiger partial charge in [-0.2, -0.15) is 0 Å². The molecule has 0 radical (unpaired) electrons. The molecule has 0 aliphatic carbocycles. The van der Waals surface area contributed by atoms with Crippen LogP contribution in [-0.2, 0) is 20.0 Å². The minimum Gasteiger partial charge on any atom is -0.493 e. The number of fused-ring (bicyclic) bond motifs is 3. The van der Waals surface area contributed by atoms with Crippen LogP contribution in [0, 0.1) is 6.92 Å². The quantitative estimate of drug-likeness (QED) is 0.0377. The summed E-state index contributed by atoms with van der Waals surface area (Å²) in [5, 5.41) is 4.28. The first kappa shape index (κ1) is 71.8. The van der Waals surface area contributed by atoms with Crippen LogP contribution in [-0.4, -0.2) is 164 Å². The average molecular weight is 1420 g/mol. The van der Waals surface area contributed by atoms with Crippen molar-refractivity contribution in [3.63, 3.8) is 0 Å². The standard InChI is InChI=1S/C41H43N5O6S.C36H41N5O7S/c1-28(29-11-5-4-6-12-29)44-23-25-45(26-24-44)34-16-8-15-32-38(34)41(48)46(40(32)47)33(31-19-20-35(51-2)36(27-31)52-3)17-10-22-43-53(49,50)37-18-7-13-30-14-9-21-42-39(30)37;1-24(26-10-6-5-7-11-26)39-18-20-40(21-19-39)30-13-8-12-28-34(30)36(43)41(35(28)42)29(27-15-16-31(46-3)32(22-27)47-4)14-9-17-38-49(44,45)33-23-37-48-25(33)2/h4-9,11-16,18-21,27-28,33,43H,10,17,22-26H2,1-3H3;5-8,10-13,15-16,22-24,29,38H,9,14,17-21H2,1-4H3/t28-,33?;24-,29?/m11/s1. The molecule has 7 aromatic carbocycles. The van der Waals surface area contributed by atoms with Gasteiger partial charge in [0.15, 0.2) is 28.8 Å². The Morgan fingerprint density at radius 1 is 0.471 bits per heavy atom. The number of ether oxygens (including phenoxy) is 4. The van der Waals surface area contributed by atoms with Crippen molar-refractivity contribution in [3.05, 3.63) is 226 Å². The highest BCUT2D eigenvalue weighted by Crippen LogP contribution is 2.44. The Hall–Kier alpha value is -10.0. The van der Waals surface area contributed by atoms with Crippen molar-refractivity contribution in [1.82, 2.24) is 39.2 Å². The van der Waals surface area contributed by atoms with Gasteiger partial charge in [0.05, 0.1) is 85.9 Å². The highest BCUT2D eigenvalue weighted by atomic mass is 32.2. The van der Waals surface area contributed by atoms with Gasteiger partial charge in [-0.1, -0.05) is 108 Å². The van der Waals surface area contributed by atoms with Crippen molar-refractivity contribution < 1.29 is 59.5 Å². The maximum atomic E-state index is 14.5. The van der Waals surface area contributed by atoms with E-state index in [2.05, 4.69) is 102 Å². The molecule has 0 bridgehead atoms. The van der Waals surface area contributed by atoms with Crippen molar-refractivity contribution in [2.24, 2.45) is 0 Å². The summed E-state index contributed by atoms with van der Waals surface area (Å²) in [6.07, 6.45) is 3.96. The SMILES string of the molecule is COc1ccc(C(CCCNS(=O)(=O)c2cccc3cccnc23)N2C(=O)c3cccc(N4CCN([C@H](C)c5ccccc5)CC4)c3C2=O)cc1OC.COc1ccc(C(CCCNS(=O)(=O)c2cnoc2C)N2C(=O)c3cccc(N4CCN([C@H](C)c5ccccc5)CC4)c3C2=O)cc1OC. The molecule has 25 heteroatoms. The van der Waals surface area contributed by atoms with Crippen molar-refractivity contribution in [2.75, 3.05) is 104 Å². The van der Waals surface area contributed by atoms with E-state index in [1.165, 1.54) is 55.2 Å². The molecule has 532 valence electrons. The van der Waals surface area contributed by atoms with Gasteiger partial charge < -0.3 is 33.3 Å². The maximum absolute atomic E-state index is 14.5. The van der Waals surface area contributed by atoms with E-state index in [9.17, 15) is 36.0 Å². The number of hydrogen-bond donors (Lipinski definition) is 2. The molecule has 13 rings (SSSR count). The lowest BCUT2D eigenvalue weighted by Gasteiger charge is -2.39. The second kappa shape index (κ2) is 31.5. The molecule has 0 spiro atoms. The van der Waals surface area contributed by atoms with Gasteiger partial charge in [0.25, 0.3) is 23.6 Å². The fourth-order valence-electron chi connectivity index (χ4n) is 14.3. The molecular formula is C77H84N10O13S2. The van der Waals surface area contributed by atoms with Gasteiger partial charge in [0, 0.05) is 89.1 Å². The number of hydrogen-bond acceptors (Lipinski definition) is 19. The second-order valence-electron chi connectivity index (χ2n) is 25.5. The number of aromatic nitrogens is 2. The lowest BCUT2D eigenvalue weighted by atomic mass is 9.99. The number of nitrogens with zero attached hydrogens (tertiary/aromatic N) is 8. The molecule has 102 heavy (non-hydrogen) atoms. The summed E-state index contributed by atoms with van der Waals surface area (Å²) in [5.74, 6) is 0.587. The number of carbonyl (C=O) groups excluding carboxylic acids is 4. The Morgan fingerprint density at radius 2 is 0.902 bits per heavy atom. The van der Waals surface area contributed by atoms with E-state index in [0.29, 0.717) is 107 Å². The smallest absolute Gasteiger partial charge is 0.264 e. The van der Waals surface area contributed by atoms with Crippen LogP contribution in [0.4, 0.5) is 11.4 Å². The van der Waals surface area contributed by atoms with Crippen LogP contribution in [0.1, 0.15) is 133 Å². The zero-order valence-electron chi connectivity index (χ0n) is 58.2. The number of methoxy groups -OCH3 is 4. The fraction of sp³-hybridized carbons (Fsp3) is 0.325. The highest BCUT2D eigenvalue weighted by molar-refractivity contribution is 7.90. The summed E-state index contributed by atoms with van der Waals surface area (Å²) in [5.41, 5.74) is 7.25. The van der Waals surface area contributed by atoms with Crippen LogP contribution in [0.2, 0.25) is 0 Å². The van der Waals surface area contributed by atoms with Gasteiger partial charge in [-0.05, 0) is 129 Å². The van der Waals surface area contributed by atoms with E-state index in [4.69, 9.17) is 23.5 Å². The van der Waals surface area contributed by atoms with Crippen molar-refractivity contribution in [3.8, 4) is 23.0 Å². The molecule has 2 N–H and O–H groups in total. The van der Waals surface area contributed by atoms with Gasteiger partial charge in [-0.25, -0.2) is 26.3 Å². The normalized spacial score (nSPS) is 16.3. The molecule has 23 nitrogen and oxygen atoms in total. The summed E-state index contributed by atoms with van der Waals surface area (Å²) in [4.78, 5) is 73.5. The summed E-state index contributed by atoms with van der Waals surface area (Å²) in [7, 11) is -1.63. The number of anilines is 2. The van der Waals surface area contributed by atoms with E-state index in [1.54, 1.807) is 67.9 Å². The van der Waals surface area contributed by atoms with Gasteiger partial charge in [-0.15, -0.1) is 0 Å². The lowest BCUT2D eigenvalue weighted by Crippen LogP contribution is -2.47. The summed E-state index contributed by atoms with van der Waals surface area (Å²) >= 11 is 0. The van der Waals surface area contributed by atoms with Crippen LogP contribution in [0.15, 0.2) is 190 Å². The van der Waals surface area contributed by atoms with Crippen molar-refractivity contribution in [2.45, 2.75) is 80.4 Å². The summed E-state index contributed by atoms with van der Waals surface area (Å²) < 4.78 is 84.8. The van der Waals surface area contributed by atoms with Crippen LogP contribution >= 0.6 is 0 Å². The van der Waals surface area contributed by atoms with Crippen molar-refractivity contribution >= 4 is 66.0 Å². The molecular weight excluding hydrogens is 1340 g/mol. The first-order valence-electron chi connectivity index (χ1n) is 34.1. The largest absolute Gasteiger partial charge is 0.493 e. The third kappa shape index (κ3) is 14.9. The number of piperazine rings is 2. The van der Waals surface area contributed by atoms with E-state index < -0.39 is 38.0 Å². The Balaban J connectivity index is 0.000000193. The number of sulfonamides is 2. The molecule has 4 aliphatic heterocycles. The predicted molar refractivity (Wildman–Crippen MR) is 388 cm³/mol. The van der Waals surface area contributed by atoms with Gasteiger partial charge in [0.1, 0.15) is 9.79 Å². The van der Waals surface area contributed by atoms with E-state index in [1.807, 2.05) is 54.6 Å². The summed E-state index contributed by atoms with van der Waals surface area (Å²) in [6, 6.07) is 50.1. The van der Waals surface area contributed by atoms with E-state index in [0.717, 1.165) is 49.1 Å². The van der Waals surface area contributed by atoms with Crippen LogP contribution < -0.4 is 38.2 Å². The van der Waals surface area contributed by atoms with E-state index >= 15 is 0 Å². The van der Waals surface area contributed by atoms with Crippen LogP contribution in [0.25, 0.3) is 10.9 Å². The Labute approximate surface area is 595 Å². The molecule has 2 fully saturated rings. The van der Waals surface area contributed by atoms with Crippen LogP contribution in [0.5, 0.6) is 23.0 Å². The van der Waals surface area contributed by atoms with Crippen molar-refractivity contribution in [1.29, 1.82) is 0 Å². The third-order valence-electron chi connectivity index (χ3n) is 19.8. The number of imide groups is 2. The Bertz CT molecular complexity index is 4750. The first-order valence-corrected chi connectivity index (χ1v) is 37.1. The third-order valence-corrected chi connectivity index (χ3v) is 22.8. The number of pyridine rings is 1. The number of carbonyl (C=O) groups is 4. The molecule has 6 heterocycles. The molecule has 2 saturated heterocycles. The Morgan fingerprint density at radius 3 is 1.33 bits per heavy atom. The average Bonchev–Trinajstić information content (AvgIpc) is 1.59.